The Morgan fingerprint density at radius 2 is 2.06 bits per heavy atom. The molecule has 1 aromatic rings. The standard InChI is InChI=1S/C15H22ClN/c1-13-9-11-17(15(13)12-16)10-5-8-14-6-3-2-4-7-14/h2-4,6-7,13,15H,5,8-12H2,1H3. The van der Waals surface area contributed by atoms with Crippen molar-refractivity contribution in [3.8, 4) is 0 Å². The van der Waals surface area contributed by atoms with Crippen molar-refractivity contribution in [2.24, 2.45) is 5.92 Å². The Hall–Kier alpha value is -0.530. The van der Waals surface area contributed by atoms with Crippen LogP contribution in [0.25, 0.3) is 0 Å². The zero-order chi connectivity index (χ0) is 12.1. The zero-order valence-electron chi connectivity index (χ0n) is 10.6. The van der Waals surface area contributed by atoms with Crippen molar-refractivity contribution in [3.63, 3.8) is 0 Å². The number of hydrogen-bond acceptors (Lipinski definition) is 1. The van der Waals surface area contributed by atoms with Crippen LogP contribution in [0.4, 0.5) is 0 Å². The fraction of sp³-hybridized carbons (Fsp3) is 0.600. The molecular formula is C15H22ClN. The van der Waals surface area contributed by atoms with Crippen LogP contribution >= 0.6 is 11.6 Å². The van der Waals surface area contributed by atoms with Crippen LogP contribution in [0, 0.1) is 5.92 Å². The maximum atomic E-state index is 6.05. The Morgan fingerprint density at radius 3 is 2.76 bits per heavy atom. The smallest absolute Gasteiger partial charge is 0.0382 e. The third-order valence-corrected chi connectivity index (χ3v) is 4.23. The first kappa shape index (κ1) is 12.9. The van der Waals surface area contributed by atoms with Crippen molar-refractivity contribution < 1.29 is 0 Å². The molecule has 2 heteroatoms. The Labute approximate surface area is 110 Å². The van der Waals surface area contributed by atoms with Gasteiger partial charge in [0.05, 0.1) is 0 Å². The monoisotopic (exact) mass is 251 g/mol. The lowest BCUT2D eigenvalue weighted by Crippen LogP contribution is -2.34. The zero-order valence-corrected chi connectivity index (χ0v) is 11.4. The van der Waals surface area contributed by atoms with Gasteiger partial charge >= 0.3 is 0 Å². The molecule has 0 amide bonds. The summed E-state index contributed by atoms with van der Waals surface area (Å²) in [4.78, 5) is 2.57. The molecule has 1 heterocycles. The molecule has 0 aliphatic carbocycles. The highest BCUT2D eigenvalue weighted by molar-refractivity contribution is 6.18. The summed E-state index contributed by atoms with van der Waals surface area (Å²) in [6.07, 6.45) is 3.73. The molecular weight excluding hydrogens is 230 g/mol. The Bertz CT molecular complexity index is 325. The van der Waals surface area contributed by atoms with E-state index in [1.807, 2.05) is 0 Å². The topological polar surface area (TPSA) is 3.24 Å². The molecule has 1 saturated heterocycles. The van der Waals surface area contributed by atoms with Crippen molar-refractivity contribution in [2.45, 2.75) is 32.2 Å². The van der Waals surface area contributed by atoms with E-state index in [-0.39, 0.29) is 0 Å². The van der Waals surface area contributed by atoms with Gasteiger partial charge in [-0.25, -0.2) is 0 Å². The van der Waals surface area contributed by atoms with Gasteiger partial charge in [0.15, 0.2) is 0 Å². The summed E-state index contributed by atoms with van der Waals surface area (Å²) in [5, 5.41) is 0. The molecule has 1 nitrogen and oxygen atoms in total. The highest BCUT2D eigenvalue weighted by Gasteiger charge is 2.29. The molecule has 0 aromatic heterocycles. The molecule has 0 bridgehead atoms. The number of halogens is 1. The Balaban J connectivity index is 1.75. The third kappa shape index (κ3) is 3.46. The lowest BCUT2D eigenvalue weighted by Gasteiger charge is -2.24. The van der Waals surface area contributed by atoms with Crippen LogP contribution in [0.3, 0.4) is 0 Å². The largest absolute Gasteiger partial charge is 0.299 e. The predicted molar refractivity (Wildman–Crippen MR) is 74.6 cm³/mol. The van der Waals surface area contributed by atoms with Crippen molar-refractivity contribution >= 4 is 11.6 Å². The van der Waals surface area contributed by atoms with E-state index in [1.165, 1.54) is 37.9 Å². The lowest BCUT2D eigenvalue weighted by molar-refractivity contribution is 0.247. The fourth-order valence-electron chi connectivity index (χ4n) is 2.75. The highest BCUT2D eigenvalue weighted by atomic mass is 35.5. The van der Waals surface area contributed by atoms with Crippen LogP contribution in [0.5, 0.6) is 0 Å². The molecule has 1 aromatic carbocycles. The minimum atomic E-state index is 0.604. The molecule has 94 valence electrons. The van der Waals surface area contributed by atoms with Crippen LogP contribution < -0.4 is 0 Å². The van der Waals surface area contributed by atoms with Crippen LogP contribution in [0.2, 0.25) is 0 Å². The first-order valence-electron chi connectivity index (χ1n) is 6.65. The second-order valence-electron chi connectivity index (χ2n) is 5.11. The average Bonchev–Trinajstić information content (AvgIpc) is 2.71. The van der Waals surface area contributed by atoms with Crippen molar-refractivity contribution in [2.75, 3.05) is 19.0 Å². The highest BCUT2D eigenvalue weighted by Crippen LogP contribution is 2.24. The minimum Gasteiger partial charge on any atom is -0.299 e. The SMILES string of the molecule is CC1CCN(CCCc2ccccc2)C1CCl. The second kappa shape index (κ2) is 6.42. The number of alkyl halides is 1. The van der Waals surface area contributed by atoms with Gasteiger partial charge in [0.1, 0.15) is 0 Å². The first-order chi connectivity index (χ1) is 8.31. The lowest BCUT2D eigenvalue weighted by atomic mass is 10.0. The molecule has 0 saturated carbocycles. The molecule has 1 aliphatic heterocycles. The summed E-state index contributed by atoms with van der Waals surface area (Å²) in [6, 6.07) is 11.4. The number of benzene rings is 1. The van der Waals surface area contributed by atoms with Gasteiger partial charge in [-0.2, -0.15) is 0 Å². The van der Waals surface area contributed by atoms with E-state index >= 15 is 0 Å². The van der Waals surface area contributed by atoms with Gasteiger partial charge in [-0.15, -0.1) is 11.6 Å². The molecule has 0 N–H and O–H groups in total. The fourth-order valence-corrected chi connectivity index (χ4v) is 3.25. The summed E-state index contributed by atoms with van der Waals surface area (Å²) in [5.41, 5.74) is 1.45. The van der Waals surface area contributed by atoms with Crippen LogP contribution in [-0.2, 0) is 6.42 Å². The van der Waals surface area contributed by atoms with Crippen LogP contribution in [-0.4, -0.2) is 29.9 Å². The number of aryl methyl sites for hydroxylation is 1. The number of rotatable bonds is 5. The molecule has 2 atom stereocenters. The summed E-state index contributed by atoms with van der Waals surface area (Å²) >= 11 is 6.05. The molecule has 2 unspecified atom stereocenters. The number of hydrogen-bond donors (Lipinski definition) is 0. The van der Waals surface area contributed by atoms with Gasteiger partial charge in [0.25, 0.3) is 0 Å². The maximum absolute atomic E-state index is 6.05. The minimum absolute atomic E-state index is 0.604. The molecule has 1 fully saturated rings. The summed E-state index contributed by atoms with van der Waals surface area (Å²) in [6.45, 7) is 4.74. The molecule has 0 spiro atoms. The van der Waals surface area contributed by atoms with Crippen molar-refractivity contribution in [3.05, 3.63) is 35.9 Å². The van der Waals surface area contributed by atoms with E-state index in [9.17, 15) is 0 Å². The van der Waals surface area contributed by atoms with E-state index in [0.717, 1.165) is 11.8 Å². The predicted octanol–water partition coefficient (Wildman–Crippen LogP) is 3.57. The van der Waals surface area contributed by atoms with Gasteiger partial charge in [0.2, 0.25) is 0 Å². The molecule has 2 rings (SSSR count). The first-order valence-corrected chi connectivity index (χ1v) is 7.18. The van der Waals surface area contributed by atoms with Crippen LogP contribution in [0.15, 0.2) is 30.3 Å². The molecule has 0 radical (unpaired) electrons. The average molecular weight is 252 g/mol. The summed E-state index contributed by atoms with van der Waals surface area (Å²) in [7, 11) is 0. The maximum Gasteiger partial charge on any atom is 0.0382 e. The number of nitrogens with zero attached hydrogens (tertiary/aromatic N) is 1. The molecule has 1 aliphatic rings. The van der Waals surface area contributed by atoms with E-state index in [2.05, 4.69) is 42.2 Å². The van der Waals surface area contributed by atoms with Crippen LogP contribution in [0.1, 0.15) is 25.3 Å². The van der Waals surface area contributed by atoms with Crippen molar-refractivity contribution in [1.82, 2.24) is 4.90 Å². The normalized spacial score (nSPS) is 25.3. The van der Waals surface area contributed by atoms with Gasteiger partial charge in [-0.1, -0.05) is 37.3 Å². The Kier molecular flexibility index (Phi) is 4.87. The van der Waals surface area contributed by atoms with Gasteiger partial charge in [0, 0.05) is 11.9 Å². The van der Waals surface area contributed by atoms with Gasteiger partial charge in [-0.05, 0) is 43.8 Å². The van der Waals surface area contributed by atoms with Gasteiger partial charge in [-0.3, -0.25) is 4.90 Å². The second-order valence-corrected chi connectivity index (χ2v) is 5.42. The summed E-state index contributed by atoms with van der Waals surface area (Å²) in [5.74, 6) is 1.55. The third-order valence-electron chi connectivity index (χ3n) is 3.91. The van der Waals surface area contributed by atoms with Crippen molar-refractivity contribution in [1.29, 1.82) is 0 Å². The number of likely N-dealkylation sites (tertiary alicyclic amines) is 1. The molecule has 17 heavy (non-hydrogen) atoms. The van der Waals surface area contributed by atoms with E-state index < -0.39 is 0 Å². The summed E-state index contributed by atoms with van der Waals surface area (Å²) < 4.78 is 0. The quantitative estimate of drug-likeness (QED) is 0.724. The van der Waals surface area contributed by atoms with Gasteiger partial charge < -0.3 is 0 Å². The van der Waals surface area contributed by atoms with E-state index in [1.54, 1.807) is 0 Å². The van der Waals surface area contributed by atoms with E-state index in [4.69, 9.17) is 11.6 Å². The Morgan fingerprint density at radius 1 is 1.29 bits per heavy atom. The van der Waals surface area contributed by atoms with E-state index in [0.29, 0.717) is 6.04 Å².